The number of nitrogens with zero attached hydrogens (tertiary/aromatic N) is 3. The summed E-state index contributed by atoms with van der Waals surface area (Å²) in [5.74, 6) is 0.442. The van der Waals surface area contributed by atoms with Gasteiger partial charge in [-0.3, -0.25) is 0 Å². The Morgan fingerprint density at radius 2 is 2.12 bits per heavy atom. The van der Waals surface area contributed by atoms with Crippen molar-refractivity contribution in [1.29, 1.82) is 0 Å². The summed E-state index contributed by atoms with van der Waals surface area (Å²) >= 11 is 6.05. The van der Waals surface area contributed by atoms with Crippen LogP contribution in [0.15, 0.2) is 29.3 Å². The standard InChI is InChI=1S/C12H10ClN3O/c1-8-3-4-10(6-11(8)13)16-12(14-7-17)5-9(2)15-16/h3-6H,1-2H3. The number of rotatable bonds is 2. The predicted octanol–water partition coefficient (Wildman–Crippen LogP) is 3.11. The Morgan fingerprint density at radius 1 is 1.35 bits per heavy atom. The van der Waals surface area contributed by atoms with Crippen molar-refractivity contribution < 1.29 is 4.79 Å². The van der Waals surface area contributed by atoms with Crippen LogP contribution >= 0.6 is 11.6 Å². The van der Waals surface area contributed by atoms with Crippen LogP contribution in [0.5, 0.6) is 0 Å². The molecule has 0 amide bonds. The maximum atomic E-state index is 10.3. The minimum absolute atomic E-state index is 0.442. The monoisotopic (exact) mass is 247 g/mol. The Kier molecular flexibility index (Phi) is 3.09. The lowest BCUT2D eigenvalue weighted by Crippen LogP contribution is -1.96. The first-order chi connectivity index (χ1) is 8.11. The molecular weight excluding hydrogens is 238 g/mol. The molecule has 4 nitrogen and oxygen atoms in total. The van der Waals surface area contributed by atoms with Gasteiger partial charge in [-0.25, -0.2) is 9.48 Å². The molecule has 17 heavy (non-hydrogen) atoms. The van der Waals surface area contributed by atoms with Gasteiger partial charge in [0.2, 0.25) is 6.08 Å². The quantitative estimate of drug-likeness (QED) is 0.605. The molecule has 0 saturated heterocycles. The molecular formula is C12H10ClN3O. The third-order valence-electron chi connectivity index (χ3n) is 2.37. The van der Waals surface area contributed by atoms with Crippen molar-refractivity contribution in [3.63, 3.8) is 0 Å². The number of carbonyl (C=O) groups excluding carboxylic acids is 1. The van der Waals surface area contributed by atoms with Crippen LogP contribution < -0.4 is 0 Å². The van der Waals surface area contributed by atoms with Crippen LogP contribution in [0.1, 0.15) is 11.3 Å². The van der Waals surface area contributed by atoms with Crippen LogP contribution in [0.2, 0.25) is 5.02 Å². The molecule has 86 valence electrons. The molecule has 1 heterocycles. The van der Waals surface area contributed by atoms with Gasteiger partial charge in [-0.2, -0.15) is 5.10 Å². The third-order valence-corrected chi connectivity index (χ3v) is 2.78. The van der Waals surface area contributed by atoms with Crippen LogP contribution in [0.25, 0.3) is 5.69 Å². The Bertz CT molecular complexity index is 612. The summed E-state index contributed by atoms with van der Waals surface area (Å²) < 4.78 is 1.56. The van der Waals surface area contributed by atoms with Gasteiger partial charge in [0, 0.05) is 11.1 Å². The molecule has 0 saturated carbocycles. The lowest BCUT2D eigenvalue weighted by atomic mass is 10.2. The van der Waals surface area contributed by atoms with E-state index in [0.29, 0.717) is 10.8 Å². The minimum Gasteiger partial charge on any atom is -0.214 e. The van der Waals surface area contributed by atoms with Crippen LogP contribution in [-0.4, -0.2) is 15.9 Å². The zero-order valence-electron chi connectivity index (χ0n) is 9.44. The molecule has 0 aliphatic rings. The molecule has 0 bridgehead atoms. The molecule has 0 spiro atoms. The molecule has 2 aromatic rings. The van der Waals surface area contributed by atoms with Crippen LogP contribution in [0.3, 0.4) is 0 Å². The number of aromatic nitrogens is 2. The summed E-state index contributed by atoms with van der Waals surface area (Å²) in [6, 6.07) is 7.26. The summed E-state index contributed by atoms with van der Waals surface area (Å²) in [6.45, 7) is 3.75. The fraction of sp³-hybridized carbons (Fsp3) is 0.167. The van der Waals surface area contributed by atoms with E-state index in [1.54, 1.807) is 16.8 Å². The zero-order chi connectivity index (χ0) is 12.4. The van der Waals surface area contributed by atoms with Gasteiger partial charge in [0.25, 0.3) is 0 Å². The molecule has 0 radical (unpaired) electrons. The highest BCUT2D eigenvalue weighted by Gasteiger charge is 2.07. The first kappa shape index (κ1) is 11.6. The van der Waals surface area contributed by atoms with Crippen LogP contribution in [0.4, 0.5) is 5.82 Å². The maximum absolute atomic E-state index is 10.3. The first-order valence-electron chi connectivity index (χ1n) is 5.03. The maximum Gasteiger partial charge on any atom is 0.242 e. The smallest absolute Gasteiger partial charge is 0.214 e. The fourth-order valence-corrected chi connectivity index (χ4v) is 1.69. The Balaban J connectivity index is 2.59. The van der Waals surface area contributed by atoms with E-state index in [1.807, 2.05) is 26.0 Å². The number of hydrogen-bond acceptors (Lipinski definition) is 3. The summed E-state index contributed by atoms with van der Waals surface area (Å²) in [5, 5.41) is 4.91. The zero-order valence-corrected chi connectivity index (χ0v) is 10.2. The van der Waals surface area contributed by atoms with Gasteiger partial charge in [-0.15, -0.1) is 4.99 Å². The van der Waals surface area contributed by atoms with Crippen molar-refractivity contribution in [2.75, 3.05) is 0 Å². The van der Waals surface area contributed by atoms with E-state index in [4.69, 9.17) is 11.6 Å². The van der Waals surface area contributed by atoms with Gasteiger partial charge in [0.05, 0.1) is 11.4 Å². The minimum atomic E-state index is 0.442. The van der Waals surface area contributed by atoms with E-state index < -0.39 is 0 Å². The lowest BCUT2D eigenvalue weighted by molar-refractivity contribution is 0.565. The van der Waals surface area contributed by atoms with Crippen molar-refractivity contribution in [2.24, 2.45) is 4.99 Å². The van der Waals surface area contributed by atoms with Gasteiger partial charge < -0.3 is 0 Å². The summed E-state index contributed by atoms with van der Waals surface area (Å²) in [7, 11) is 0. The van der Waals surface area contributed by atoms with Crippen LogP contribution in [0, 0.1) is 13.8 Å². The molecule has 1 aromatic carbocycles. The number of hydrogen-bond donors (Lipinski definition) is 0. The molecule has 0 atom stereocenters. The van der Waals surface area contributed by atoms with Gasteiger partial charge in [-0.05, 0) is 31.5 Å². The first-order valence-corrected chi connectivity index (χ1v) is 5.40. The Labute approximate surface area is 104 Å². The Morgan fingerprint density at radius 3 is 2.76 bits per heavy atom. The fourth-order valence-electron chi connectivity index (χ4n) is 1.52. The molecule has 5 heteroatoms. The molecule has 0 unspecified atom stereocenters. The highest BCUT2D eigenvalue weighted by molar-refractivity contribution is 6.31. The summed E-state index contributed by atoms with van der Waals surface area (Å²) in [6.07, 6.45) is 1.51. The van der Waals surface area contributed by atoms with Crippen molar-refractivity contribution in [2.45, 2.75) is 13.8 Å². The van der Waals surface area contributed by atoms with E-state index in [-0.39, 0.29) is 0 Å². The summed E-state index contributed by atoms with van der Waals surface area (Å²) in [5.41, 5.74) is 2.53. The average Bonchev–Trinajstić information content (AvgIpc) is 2.64. The largest absolute Gasteiger partial charge is 0.242 e. The van der Waals surface area contributed by atoms with E-state index in [1.165, 1.54) is 6.08 Å². The van der Waals surface area contributed by atoms with Crippen LogP contribution in [-0.2, 0) is 4.79 Å². The predicted molar refractivity (Wildman–Crippen MR) is 65.8 cm³/mol. The van der Waals surface area contributed by atoms with Gasteiger partial charge >= 0.3 is 0 Å². The number of benzene rings is 1. The van der Waals surface area contributed by atoms with E-state index >= 15 is 0 Å². The van der Waals surface area contributed by atoms with Crippen molar-refractivity contribution in [3.05, 3.63) is 40.5 Å². The normalized spacial score (nSPS) is 10.1. The van der Waals surface area contributed by atoms with Crippen molar-refractivity contribution in [3.8, 4) is 5.69 Å². The molecule has 2 rings (SSSR count). The van der Waals surface area contributed by atoms with Gasteiger partial charge in [0.15, 0.2) is 5.82 Å². The van der Waals surface area contributed by atoms with Gasteiger partial charge in [-0.1, -0.05) is 17.7 Å². The molecule has 1 aromatic heterocycles. The van der Waals surface area contributed by atoms with Crippen molar-refractivity contribution in [1.82, 2.24) is 9.78 Å². The number of isocyanates is 1. The lowest BCUT2D eigenvalue weighted by Gasteiger charge is -2.05. The van der Waals surface area contributed by atoms with E-state index in [9.17, 15) is 4.79 Å². The summed E-state index contributed by atoms with van der Waals surface area (Å²) in [4.78, 5) is 13.9. The molecule has 0 fully saturated rings. The Hall–Kier alpha value is -1.90. The average molecular weight is 248 g/mol. The SMILES string of the molecule is Cc1cc(N=C=O)n(-c2ccc(C)c(Cl)c2)n1. The second kappa shape index (κ2) is 4.53. The second-order valence-electron chi connectivity index (χ2n) is 3.69. The highest BCUT2D eigenvalue weighted by atomic mass is 35.5. The molecule has 0 aliphatic carbocycles. The van der Waals surface area contributed by atoms with E-state index in [0.717, 1.165) is 16.9 Å². The number of aliphatic imine (C=N–C) groups is 1. The topological polar surface area (TPSA) is 47.2 Å². The molecule has 0 N–H and O–H groups in total. The third kappa shape index (κ3) is 2.28. The second-order valence-corrected chi connectivity index (χ2v) is 4.10. The van der Waals surface area contributed by atoms with Gasteiger partial charge in [0.1, 0.15) is 0 Å². The molecule has 0 aliphatic heterocycles. The van der Waals surface area contributed by atoms with Crippen molar-refractivity contribution >= 4 is 23.5 Å². The highest BCUT2D eigenvalue weighted by Crippen LogP contribution is 2.23. The number of halogens is 1. The number of aryl methyl sites for hydroxylation is 2. The van der Waals surface area contributed by atoms with E-state index in [2.05, 4.69) is 10.1 Å².